The van der Waals surface area contributed by atoms with Crippen molar-refractivity contribution >= 4 is 45.7 Å². The second kappa shape index (κ2) is 6.89. The van der Waals surface area contributed by atoms with Crippen molar-refractivity contribution in [2.24, 2.45) is 0 Å². The van der Waals surface area contributed by atoms with Crippen LogP contribution in [0.2, 0.25) is 5.02 Å². The summed E-state index contributed by atoms with van der Waals surface area (Å²) in [6.07, 6.45) is 0. The summed E-state index contributed by atoms with van der Waals surface area (Å²) < 4.78 is 36.7. The van der Waals surface area contributed by atoms with Crippen LogP contribution in [0.4, 0.5) is 18.3 Å². The summed E-state index contributed by atoms with van der Waals surface area (Å²) in [6, 6.07) is 7.04. The number of thioether (sulfide) groups is 1. The van der Waals surface area contributed by atoms with Gasteiger partial charge in [-0.25, -0.2) is 4.98 Å². The molecule has 1 amide bonds. The van der Waals surface area contributed by atoms with Gasteiger partial charge in [0, 0.05) is 16.0 Å². The van der Waals surface area contributed by atoms with Gasteiger partial charge < -0.3 is 5.32 Å². The third-order valence-corrected chi connectivity index (χ3v) is 4.49. The fraction of sp³-hybridized carbons (Fsp3) is 0.231. The first kappa shape index (κ1) is 17.1. The van der Waals surface area contributed by atoms with E-state index < -0.39 is 16.7 Å². The van der Waals surface area contributed by atoms with Crippen molar-refractivity contribution in [3.63, 3.8) is 0 Å². The monoisotopic (exact) mass is 366 g/mol. The SMILES string of the molecule is CC(SC(F)(F)F)C(=O)Nc1nc(-c2ccccc2Cl)cs1. The number of nitrogens with zero attached hydrogens (tertiary/aromatic N) is 1. The Morgan fingerprint density at radius 2 is 2.09 bits per heavy atom. The Kier molecular flexibility index (Phi) is 5.36. The van der Waals surface area contributed by atoms with Crippen molar-refractivity contribution < 1.29 is 18.0 Å². The Balaban J connectivity index is 2.07. The Labute approximate surface area is 137 Å². The molecular weight excluding hydrogens is 357 g/mol. The van der Waals surface area contributed by atoms with Crippen LogP contribution >= 0.6 is 34.7 Å². The molecule has 0 aliphatic carbocycles. The number of hydrogen-bond donors (Lipinski definition) is 1. The lowest BCUT2D eigenvalue weighted by atomic mass is 10.2. The number of hydrogen-bond acceptors (Lipinski definition) is 4. The normalized spacial score (nSPS) is 13.0. The van der Waals surface area contributed by atoms with Crippen LogP contribution in [0.25, 0.3) is 11.3 Å². The maximum atomic E-state index is 12.2. The summed E-state index contributed by atoms with van der Waals surface area (Å²) in [5, 5.41) is 3.54. The average Bonchev–Trinajstić information content (AvgIpc) is 2.85. The van der Waals surface area contributed by atoms with E-state index in [9.17, 15) is 18.0 Å². The predicted octanol–water partition coefficient (Wildman–Crippen LogP) is 5.04. The number of carbonyl (C=O) groups is 1. The van der Waals surface area contributed by atoms with Crippen LogP contribution in [0.15, 0.2) is 29.6 Å². The van der Waals surface area contributed by atoms with Crippen LogP contribution in [0.3, 0.4) is 0 Å². The van der Waals surface area contributed by atoms with Crippen molar-refractivity contribution in [2.75, 3.05) is 5.32 Å². The summed E-state index contributed by atoms with van der Waals surface area (Å²) in [5.41, 5.74) is -3.21. The molecule has 0 spiro atoms. The molecule has 1 aromatic carbocycles. The topological polar surface area (TPSA) is 42.0 Å². The summed E-state index contributed by atoms with van der Waals surface area (Å²) in [5.74, 6) is -0.748. The molecule has 1 atom stereocenters. The standard InChI is InChI=1S/C13H10ClF3N2OS2/c1-7(22-13(15,16)17)11(20)19-12-18-10(6-21-12)8-4-2-3-5-9(8)14/h2-7H,1H3,(H,18,19,20). The van der Waals surface area contributed by atoms with Gasteiger partial charge in [0.2, 0.25) is 5.91 Å². The number of aromatic nitrogens is 1. The minimum Gasteiger partial charge on any atom is -0.301 e. The molecule has 1 heterocycles. The Hall–Kier alpha value is -1.25. The van der Waals surface area contributed by atoms with E-state index in [1.165, 1.54) is 6.92 Å². The largest absolute Gasteiger partial charge is 0.442 e. The van der Waals surface area contributed by atoms with Crippen molar-refractivity contribution in [3.8, 4) is 11.3 Å². The van der Waals surface area contributed by atoms with E-state index in [-0.39, 0.29) is 16.9 Å². The average molecular weight is 367 g/mol. The predicted molar refractivity (Wildman–Crippen MR) is 84.3 cm³/mol. The van der Waals surface area contributed by atoms with Crippen LogP contribution in [0.5, 0.6) is 0 Å². The van der Waals surface area contributed by atoms with E-state index in [2.05, 4.69) is 10.3 Å². The van der Waals surface area contributed by atoms with E-state index in [4.69, 9.17) is 11.6 Å². The molecule has 1 aromatic heterocycles. The molecule has 118 valence electrons. The Morgan fingerprint density at radius 3 is 2.73 bits per heavy atom. The van der Waals surface area contributed by atoms with Crippen LogP contribution in [-0.4, -0.2) is 21.6 Å². The third kappa shape index (κ3) is 4.62. The molecule has 9 heteroatoms. The molecule has 0 radical (unpaired) electrons. The van der Waals surface area contributed by atoms with Gasteiger partial charge in [0.25, 0.3) is 0 Å². The Morgan fingerprint density at radius 1 is 1.41 bits per heavy atom. The third-order valence-electron chi connectivity index (χ3n) is 2.56. The fourth-order valence-electron chi connectivity index (χ4n) is 1.58. The molecule has 1 unspecified atom stereocenters. The number of rotatable bonds is 4. The van der Waals surface area contributed by atoms with Crippen molar-refractivity contribution in [2.45, 2.75) is 17.7 Å². The molecule has 22 heavy (non-hydrogen) atoms. The minimum atomic E-state index is -4.46. The highest BCUT2D eigenvalue weighted by atomic mass is 35.5. The fourth-order valence-corrected chi connectivity index (χ4v) is 3.10. The Bertz CT molecular complexity index is 675. The second-order valence-corrected chi connectivity index (χ2v) is 6.88. The molecule has 1 N–H and O–H groups in total. The molecular formula is C13H10ClF3N2OS2. The van der Waals surface area contributed by atoms with Gasteiger partial charge in [0.15, 0.2) is 5.13 Å². The van der Waals surface area contributed by atoms with E-state index in [0.717, 1.165) is 11.3 Å². The maximum absolute atomic E-state index is 12.2. The zero-order valence-electron chi connectivity index (χ0n) is 11.1. The molecule has 3 nitrogen and oxygen atoms in total. The molecule has 0 saturated carbocycles. The zero-order chi connectivity index (χ0) is 16.3. The first-order valence-electron chi connectivity index (χ1n) is 6.02. The van der Waals surface area contributed by atoms with E-state index in [0.29, 0.717) is 16.3 Å². The summed E-state index contributed by atoms with van der Waals surface area (Å²) in [4.78, 5) is 15.9. The lowest BCUT2D eigenvalue weighted by molar-refractivity contribution is -0.115. The molecule has 0 bridgehead atoms. The van der Waals surface area contributed by atoms with E-state index >= 15 is 0 Å². The van der Waals surface area contributed by atoms with Crippen LogP contribution < -0.4 is 5.32 Å². The highest BCUT2D eigenvalue weighted by Crippen LogP contribution is 2.35. The van der Waals surface area contributed by atoms with Gasteiger partial charge in [-0.15, -0.1) is 11.3 Å². The quantitative estimate of drug-likeness (QED) is 0.823. The smallest absolute Gasteiger partial charge is 0.301 e. The van der Waals surface area contributed by atoms with Gasteiger partial charge in [0.05, 0.1) is 10.9 Å². The number of halogens is 4. The highest BCUT2D eigenvalue weighted by molar-refractivity contribution is 8.01. The first-order chi connectivity index (χ1) is 10.3. The molecule has 2 aromatic rings. The number of benzene rings is 1. The number of alkyl halides is 3. The van der Waals surface area contributed by atoms with Gasteiger partial charge in [-0.2, -0.15) is 13.2 Å². The molecule has 0 saturated heterocycles. The second-order valence-electron chi connectivity index (χ2n) is 4.21. The lowest BCUT2D eigenvalue weighted by Gasteiger charge is -2.12. The number of thiazole rings is 1. The minimum absolute atomic E-state index is 0.231. The molecule has 2 rings (SSSR count). The van der Waals surface area contributed by atoms with Crippen LogP contribution in [0, 0.1) is 0 Å². The molecule has 0 fully saturated rings. The zero-order valence-corrected chi connectivity index (χ0v) is 13.5. The van der Waals surface area contributed by atoms with Gasteiger partial charge in [-0.1, -0.05) is 29.8 Å². The number of carbonyl (C=O) groups excluding carboxylic acids is 1. The van der Waals surface area contributed by atoms with Crippen molar-refractivity contribution in [3.05, 3.63) is 34.7 Å². The van der Waals surface area contributed by atoms with Crippen LogP contribution in [0.1, 0.15) is 6.92 Å². The summed E-state index contributed by atoms with van der Waals surface area (Å²) in [6.45, 7) is 1.19. The summed E-state index contributed by atoms with van der Waals surface area (Å²) >= 11 is 6.80. The number of anilines is 1. The van der Waals surface area contributed by atoms with Crippen LogP contribution in [-0.2, 0) is 4.79 Å². The van der Waals surface area contributed by atoms with Gasteiger partial charge >= 0.3 is 5.51 Å². The van der Waals surface area contributed by atoms with Gasteiger partial charge in [-0.3, -0.25) is 4.79 Å². The van der Waals surface area contributed by atoms with E-state index in [1.807, 2.05) is 0 Å². The highest BCUT2D eigenvalue weighted by Gasteiger charge is 2.34. The van der Waals surface area contributed by atoms with Crippen molar-refractivity contribution in [1.82, 2.24) is 4.98 Å². The lowest BCUT2D eigenvalue weighted by Crippen LogP contribution is -2.25. The summed E-state index contributed by atoms with van der Waals surface area (Å²) in [7, 11) is 0. The molecule has 0 aliphatic heterocycles. The van der Waals surface area contributed by atoms with Gasteiger partial charge in [-0.05, 0) is 24.8 Å². The number of amides is 1. The van der Waals surface area contributed by atoms with Gasteiger partial charge in [0.1, 0.15) is 0 Å². The molecule has 0 aliphatic rings. The first-order valence-corrected chi connectivity index (χ1v) is 8.16. The number of nitrogens with one attached hydrogen (secondary N) is 1. The van der Waals surface area contributed by atoms with E-state index in [1.54, 1.807) is 29.6 Å². The van der Waals surface area contributed by atoms with Crippen molar-refractivity contribution in [1.29, 1.82) is 0 Å². The maximum Gasteiger partial charge on any atom is 0.442 e.